The van der Waals surface area contributed by atoms with Gasteiger partial charge in [0.1, 0.15) is 17.3 Å². The highest BCUT2D eigenvalue weighted by Crippen LogP contribution is 2.15. The number of carbonyl (C=O) groups excluding carboxylic acids is 2. The first kappa shape index (κ1) is 21.5. The van der Waals surface area contributed by atoms with Gasteiger partial charge in [0.15, 0.2) is 6.61 Å². The van der Waals surface area contributed by atoms with E-state index in [1.165, 1.54) is 30.5 Å². The van der Waals surface area contributed by atoms with Crippen molar-refractivity contribution in [2.45, 2.75) is 0 Å². The lowest BCUT2D eigenvalue weighted by Gasteiger charge is -2.08. The molecule has 3 aromatic carbocycles. The van der Waals surface area contributed by atoms with Gasteiger partial charge in [-0.15, -0.1) is 0 Å². The largest absolute Gasteiger partial charge is 0.497 e. The molecule has 0 saturated heterocycles. The van der Waals surface area contributed by atoms with E-state index < -0.39 is 11.7 Å². The number of methoxy groups -OCH3 is 1. The Morgan fingerprint density at radius 3 is 2.23 bits per heavy atom. The first-order valence-corrected chi connectivity index (χ1v) is 9.29. The van der Waals surface area contributed by atoms with Gasteiger partial charge in [-0.05, 0) is 78.4 Å². The number of hydrogen-bond acceptors (Lipinski definition) is 5. The summed E-state index contributed by atoms with van der Waals surface area (Å²) in [6, 6.07) is 18.9. The SMILES string of the molecule is COc1ccc(NC(=O)COc2ccc(/C=N/NC(=O)c3ccc(F)cc3)cc2)cc1. The molecule has 0 saturated carbocycles. The van der Waals surface area contributed by atoms with Crippen LogP contribution in [0.5, 0.6) is 11.5 Å². The second kappa shape index (κ2) is 10.5. The zero-order chi connectivity index (χ0) is 22.1. The monoisotopic (exact) mass is 421 g/mol. The van der Waals surface area contributed by atoms with Crippen LogP contribution in [0.3, 0.4) is 0 Å². The quantitative estimate of drug-likeness (QED) is 0.430. The molecular weight excluding hydrogens is 401 g/mol. The molecule has 0 bridgehead atoms. The fraction of sp³-hybridized carbons (Fsp3) is 0.0870. The third-order valence-electron chi connectivity index (χ3n) is 4.11. The van der Waals surface area contributed by atoms with Gasteiger partial charge in [-0.2, -0.15) is 5.10 Å². The summed E-state index contributed by atoms with van der Waals surface area (Å²) in [5.74, 6) is 0.0595. The van der Waals surface area contributed by atoms with Crippen molar-refractivity contribution in [3.63, 3.8) is 0 Å². The van der Waals surface area contributed by atoms with Crippen LogP contribution in [-0.2, 0) is 4.79 Å². The van der Waals surface area contributed by atoms with E-state index in [1.54, 1.807) is 55.6 Å². The van der Waals surface area contributed by atoms with E-state index >= 15 is 0 Å². The van der Waals surface area contributed by atoms with E-state index in [0.717, 1.165) is 5.56 Å². The first-order valence-electron chi connectivity index (χ1n) is 9.29. The third kappa shape index (κ3) is 6.67. The molecule has 2 N–H and O–H groups in total. The van der Waals surface area contributed by atoms with Gasteiger partial charge in [0.2, 0.25) is 0 Å². The average molecular weight is 421 g/mol. The maximum atomic E-state index is 12.9. The lowest BCUT2D eigenvalue weighted by atomic mass is 10.2. The molecule has 0 radical (unpaired) electrons. The lowest BCUT2D eigenvalue weighted by Crippen LogP contribution is -2.20. The van der Waals surface area contributed by atoms with Crippen LogP contribution >= 0.6 is 0 Å². The van der Waals surface area contributed by atoms with Gasteiger partial charge in [-0.1, -0.05) is 0 Å². The predicted molar refractivity (Wildman–Crippen MR) is 115 cm³/mol. The minimum atomic E-state index is -0.445. The molecule has 8 heteroatoms. The number of hydrogen-bond donors (Lipinski definition) is 2. The van der Waals surface area contributed by atoms with Crippen LogP contribution in [0.2, 0.25) is 0 Å². The fourth-order valence-electron chi connectivity index (χ4n) is 2.50. The van der Waals surface area contributed by atoms with Crippen molar-refractivity contribution >= 4 is 23.7 Å². The van der Waals surface area contributed by atoms with Gasteiger partial charge in [-0.25, -0.2) is 9.82 Å². The molecule has 3 aromatic rings. The highest BCUT2D eigenvalue weighted by Gasteiger charge is 2.05. The summed E-state index contributed by atoms with van der Waals surface area (Å²) in [4.78, 5) is 23.9. The Balaban J connectivity index is 1.44. The van der Waals surface area contributed by atoms with E-state index in [0.29, 0.717) is 22.7 Å². The number of rotatable bonds is 8. The zero-order valence-electron chi connectivity index (χ0n) is 16.7. The molecule has 158 valence electrons. The Labute approximate surface area is 178 Å². The van der Waals surface area contributed by atoms with Crippen LogP contribution in [0.1, 0.15) is 15.9 Å². The third-order valence-corrected chi connectivity index (χ3v) is 4.11. The molecule has 7 nitrogen and oxygen atoms in total. The second-order valence-corrected chi connectivity index (χ2v) is 6.34. The van der Waals surface area contributed by atoms with Crippen molar-refractivity contribution < 1.29 is 23.5 Å². The van der Waals surface area contributed by atoms with Crippen LogP contribution < -0.4 is 20.2 Å². The van der Waals surface area contributed by atoms with Crippen LogP contribution in [0, 0.1) is 5.82 Å². The molecule has 3 rings (SSSR count). The normalized spacial score (nSPS) is 10.5. The molecule has 0 fully saturated rings. The van der Waals surface area contributed by atoms with Crippen molar-refractivity contribution in [2.75, 3.05) is 19.0 Å². The van der Waals surface area contributed by atoms with E-state index in [-0.39, 0.29) is 12.5 Å². The first-order chi connectivity index (χ1) is 15.0. The van der Waals surface area contributed by atoms with E-state index in [2.05, 4.69) is 15.8 Å². The average Bonchev–Trinajstić information content (AvgIpc) is 2.79. The number of hydrazone groups is 1. The molecule has 0 aliphatic carbocycles. The molecule has 0 aliphatic heterocycles. The van der Waals surface area contributed by atoms with Crippen molar-refractivity contribution in [3.05, 3.63) is 89.7 Å². The maximum Gasteiger partial charge on any atom is 0.271 e. The molecule has 0 unspecified atom stereocenters. The minimum Gasteiger partial charge on any atom is -0.497 e. The summed E-state index contributed by atoms with van der Waals surface area (Å²) in [6.45, 7) is -0.146. The van der Waals surface area contributed by atoms with Gasteiger partial charge in [0.05, 0.1) is 13.3 Å². The van der Waals surface area contributed by atoms with Crippen molar-refractivity contribution in [3.8, 4) is 11.5 Å². The summed E-state index contributed by atoms with van der Waals surface area (Å²) in [5.41, 5.74) is 4.03. The van der Waals surface area contributed by atoms with Crippen LogP contribution in [-0.4, -0.2) is 31.7 Å². The molecule has 0 aromatic heterocycles. The summed E-state index contributed by atoms with van der Waals surface area (Å²) in [5, 5.41) is 6.60. The number of nitrogens with one attached hydrogen (secondary N) is 2. The maximum absolute atomic E-state index is 12.9. The Hall–Kier alpha value is -4.20. The second-order valence-electron chi connectivity index (χ2n) is 6.34. The molecule has 0 aliphatic rings. The van der Waals surface area contributed by atoms with Crippen molar-refractivity contribution in [2.24, 2.45) is 5.10 Å². The molecule has 2 amide bonds. The van der Waals surface area contributed by atoms with E-state index in [4.69, 9.17) is 9.47 Å². The molecule has 0 heterocycles. The number of ether oxygens (including phenoxy) is 2. The predicted octanol–water partition coefficient (Wildman–Crippen LogP) is 3.62. The van der Waals surface area contributed by atoms with Gasteiger partial charge in [0.25, 0.3) is 11.8 Å². The molecule has 0 atom stereocenters. The summed E-state index contributed by atoms with van der Waals surface area (Å²) < 4.78 is 23.4. The Morgan fingerprint density at radius 2 is 1.58 bits per heavy atom. The number of nitrogens with zero attached hydrogens (tertiary/aromatic N) is 1. The summed E-state index contributed by atoms with van der Waals surface area (Å²) in [6.07, 6.45) is 1.46. The fourth-order valence-corrected chi connectivity index (χ4v) is 2.50. The molecule has 0 spiro atoms. The number of halogens is 1. The minimum absolute atomic E-state index is 0.146. The number of benzene rings is 3. The van der Waals surface area contributed by atoms with Crippen LogP contribution in [0.4, 0.5) is 10.1 Å². The lowest BCUT2D eigenvalue weighted by molar-refractivity contribution is -0.118. The van der Waals surface area contributed by atoms with Gasteiger partial charge in [0, 0.05) is 11.3 Å². The topological polar surface area (TPSA) is 89.0 Å². The molecular formula is C23H20FN3O4. The highest BCUT2D eigenvalue weighted by atomic mass is 19.1. The molecule has 31 heavy (non-hydrogen) atoms. The van der Waals surface area contributed by atoms with E-state index in [9.17, 15) is 14.0 Å². The summed E-state index contributed by atoms with van der Waals surface area (Å²) in [7, 11) is 1.57. The Bertz CT molecular complexity index is 1050. The zero-order valence-corrected chi connectivity index (χ0v) is 16.7. The van der Waals surface area contributed by atoms with Gasteiger partial charge >= 0.3 is 0 Å². The standard InChI is InChI=1S/C23H20FN3O4/c1-30-20-12-8-19(9-13-20)26-22(28)15-31-21-10-2-16(3-11-21)14-25-27-23(29)17-4-6-18(24)7-5-17/h2-14H,15H2,1H3,(H,26,28)(H,27,29)/b25-14+. The highest BCUT2D eigenvalue weighted by molar-refractivity contribution is 5.95. The number of amides is 2. The van der Waals surface area contributed by atoms with Crippen molar-refractivity contribution in [1.82, 2.24) is 5.43 Å². The van der Waals surface area contributed by atoms with E-state index in [1.807, 2.05) is 0 Å². The summed E-state index contributed by atoms with van der Waals surface area (Å²) >= 11 is 0. The number of carbonyl (C=O) groups is 2. The van der Waals surface area contributed by atoms with Gasteiger partial charge in [-0.3, -0.25) is 9.59 Å². The Kier molecular flexibility index (Phi) is 7.31. The van der Waals surface area contributed by atoms with Crippen LogP contribution in [0.15, 0.2) is 77.9 Å². The number of anilines is 1. The Morgan fingerprint density at radius 1 is 0.935 bits per heavy atom. The van der Waals surface area contributed by atoms with Gasteiger partial charge < -0.3 is 14.8 Å². The smallest absolute Gasteiger partial charge is 0.271 e. The van der Waals surface area contributed by atoms with Crippen molar-refractivity contribution in [1.29, 1.82) is 0 Å². The van der Waals surface area contributed by atoms with Crippen LogP contribution in [0.25, 0.3) is 0 Å².